The molecule has 0 atom stereocenters. The molecule has 0 saturated carbocycles. The molecule has 0 nitrogen and oxygen atoms in total. The van der Waals surface area contributed by atoms with E-state index in [2.05, 4.69) is 45.2 Å². The summed E-state index contributed by atoms with van der Waals surface area (Å²) in [6, 6.07) is 6.74. The van der Waals surface area contributed by atoms with E-state index < -0.39 is 0 Å². The predicted octanol–water partition coefficient (Wildman–Crippen LogP) is 5.02. The molecule has 17 heavy (non-hydrogen) atoms. The van der Waals surface area contributed by atoms with E-state index in [9.17, 15) is 0 Å². The highest BCUT2D eigenvalue weighted by Gasteiger charge is 2.15. The zero-order valence-corrected chi connectivity index (χ0v) is 10.8. The van der Waals surface area contributed by atoms with E-state index >= 15 is 0 Å². The second kappa shape index (κ2) is 4.75. The Labute approximate surface area is 104 Å². The first kappa shape index (κ1) is 11.9. The van der Waals surface area contributed by atoms with Crippen molar-refractivity contribution in [3.8, 4) is 0 Å². The minimum absolute atomic E-state index is 1.06. The molecule has 0 aliphatic heterocycles. The lowest BCUT2D eigenvalue weighted by Crippen LogP contribution is -1.92. The molecule has 0 saturated heterocycles. The SMILES string of the molecule is C=CC1=C(C)CCC(=C)c2cc(CC)ccc21. The van der Waals surface area contributed by atoms with Crippen LogP contribution in [0.4, 0.5) is 0 Å². The zero-order valence-electron chi connectivity index (χ0n) is 10.8. The van der Waals surface area contributed by atoms with Crippen LogP contribution in [0.5, 0.6) is 0 Å². The molecule has 0 aromatic heterocycles. The van der Waals surface area contributed by atoms with Gasteiger partial charge in [0.15, 0.2) is 0 Å². The van der Waals surface area contributed by atoms with Gasteiger partial charge in [0.05, 0.1) is 0 Å². The van der Waals surface area contributed by atoms with Gasteiger partial charge in [0, 0.05) is 0 Å². The molecular weight excluding hydrogens is 204 g/mol. The quantitative estimate of drug-likeness (QED) is 0.662. The van der Waals surface area contributed by atoms with Crippen molar-refractivity contribution in [3.05, 3.63) is 59.7 Å². The average Bonchev–Trinajstić information content (AvgIpc) is 2.47. The lowest BCUT2D eigenvalue weighted by molar-refractivity contribution is 1.01. The summed E-state index contributed by atoms with van der Waals surface area (Å²) in [6.07, 6.45) is 5.21. The third kappa shape index (κ3) is 2.12. The van der Waals surface area contributed by atoms with E-state index in [4.69, 9.17) is 0 Å². The van der Waals surface area contributed by atoms with Crippen LogP contribution in [0.15, 0.2) is 43.0 Å². The fourth-order valence-corrected chi connectivity index (χ4v) is 2.46. The highest BCUT2D eigenvalue weighted by molar-refractivity contribution is 5.86. The molecule has 0 bridgehead atoms. The first-order valence-electron chi connectivity index (χ1n) is 6.31. The number of fused-ring (bicyclic) bond motifs is 1. The van der Waals surface area contributed by atoms with E-state index in [1.165, 1.54) is 33.4 Å². The van der Waals surface area contributed by atoms with Crippen molar-refractivity contribution < 1.29 is 0 Å². The van der Waals surface area contributed by atoms with E-state index in [-0.39, 0.29) is 0 Å². The Kier molecular flexibility index (Phi) is 3.33. The van der Waals surface area contributed by atoms with E-state index in [0.29, 0.717) is 0 Å². The molecule has 0 heteroatoms. The van der Waals surface area contributed by atoms with Gasteiger partial charge in [0.1, 0.15) is 0 Å². The molecule has 1 aromatic rings. The van der Waals surface area contributed by atoms with Crippen molar-refractivity contribution in [1.82, 2.24) is 0 Å². The Morgan fingerprint density at radius 2 is 2.00 bits per heavy atom. The van der Waals surface area contributed by atoms with Gasteiger partial charge in [-0.15, -0.1) is 0 Å². The molecule has 0 heterocycles. The third-order valence-corrected chi connectivity index (χ3v) is 3.63. The normalized spacial score (nSPS) is 15.5. The number of hydrogen-bond donors (Lipinski definition) is 0. The standard InChI is InChI=1S/C17H20/c1-5-14-9-10-16-15(6-2)12(3)7-8-13(4)17(16)11-14/h6,9-11H,2,4-5,7-8H2,1,3H3. The largest absolute Gasteiger partial charge is 0.0984 e. The zero-order chi connectivity index (χ0) is 12.4. The van der Waals surface area contributed by atoms with E-state index in [1.807, 2.05) is 6.08 Å². The maximum absolute atomic E-state index is 4.23. The van der Waals surface area contributed by atoms with Crippen LogP contribution in [0.3, 0.4) is 0 Å². The maximum Gasteiger partial charge on any atom is -0.0109 e. The summed E-state index contributed by atoms with van der Waals surface area (Å²) in [6.45, 7) is 12.6. The van der Waals surface area contributed by atoms with Crippen LogP contribution < -0.4 is 0 Å². The second-order valence-corrected chi connectivity index (χ2v) is 4.74. The van der Waals surface area contributed by atoms with Gasteiger partial charge < -0.3 is 0 Å². The summed E-state index contributed by atoms with van der Waals surface area (Å²) in [5.41, 5.74) is 7.97. The van der Waals surface area contributed by atoms with Gasteiger partial charge in [-0.2, -0.15) is 0 Å². The molecule has 0 radical (unpaired) electrons. The number of allylic oxidation sites excluding steroid dienone is 4. The highest BCUT2D eigenvalue weighted by atomic mass is 14.2. The fraction of sp³-hybridized carbons (Fsp3) is 0.294. The van der Waals surface area contributed by atoms with Gasteiger partial charge in [0.2, 0.25) is 0 Å². The van der Waals surface area contributed by atoms with Crippen molar-refractivity contribution >= 4 is 11.1 Å². The summed E-state index contributed by atoms with van der Waals surface area (Å²) in [5.74, 6) is 0. The summed E-state index contributed by atoms with van der Waals surface area (Å²) in [4.78, 5) is 0. The second-order valence-electron chi connectivity index (χ2n) is 4.74. The van der Waals surface area contributed by atoms with Crippen LogP contribution in [0.2, 0.25) is 0 Å². The third-order valence-electron chi connectivity index (χ3n) is 3.63. The van der Waals surface area contributed by atoms with Gasteiger partial charge >= 0.3 is 0 Å². The van der Waals surface area contributed by atoms with E-state index in [1.54, 1.807) is 0 Å². The van der Waals surface area contributed by atoms with Gasteiger partial charge in [-0.05, 0) is 54.0 Å². The molecule has 1 aliphatic carbocycles. The Balaban J connectivity index is 2.66. The van der Waals surface area contributed by atoms with Gasteiger partial charge in [-0.25, -0.2) is 0 Å². The molecular formula is C17H20. The molecule has 88 valence electrons. The minimum Gasteiger partial charge on any atom is -0.0984 e. The lowest BCUT2D eigenvalue weighted by atomic mass is 9.93. The minimum atomic E-state index is 1.06. The molecule has 0 amide bonds. The summed E-state index contributed by atoms with van der Waals surface area (Å²) in [5, 5.41) is 0. The first-order chi connectivity index (χ1) is 8.17. The van der Waals surface area contributed by atoms with Crippen LogP contribution in [-0.2, 0) is 6.42 Å². The number of rotatable bonds is 2. The lowest BCUT2D eigenvalue weighted by Gasteiger charge is -2.11. The smallest absolute Gasteiger partial charge is 0.0109 e. The highest BCUT2D eigenvalue weighted by Crippen LogP contribution is 2.36. The molecule has 1 aromatic carbocycles. The molecule has 0 N–H and O–H groups in total. The van der Waals surface area contributed by atoms with Crippen molar-refractivity contribution in [3.63, 3.8) is 0 Å². The summed E-state index contributed by atoms with van der Waals surface area (Å²) < 4.78 is 0. The predicted molar refractivity (Wildman–Crippen MR) is 76.9 cm³/mol. The van der Waals surface area contributed by atoms with Crippen molar-refractivity contribution in [2.75, 3.05) is 0 Å². The van der Waals surface area contributed by atoms with Gasteiger partial charge in [0.25, 0.3) is 0 Å². The summed E-state index contributed by atoms with van der Waals surface area (Å²) in [7, 11) is 0. The van der Waals surface area contributed by atoms with E-state index in [0.717, 1.165) is 19.3 Å². The van der Waals surface area contributed by atoms with Crippen LogP contribution in [0.25, 0.3) is 11.1 Å². The number of hydrogen-bond acceptors (Lipinski definition) is 0. The van der Waals surface area contributed by atoms with Gasteiger partial charge in [-0.1, -0.05) is 49.9 Å². The first-order valence-corrected chi connectivity index (χ1v) is 6.31. The Hall–Kier alpha value is -1.56. The van der Waals surface area contributed by atoms with Crippen LogP contribution in [0, 0.1) is 0 Å². The topological polar surface area (TPSA) is 0 Å². The maximum atomic E-state index is 4.23. The molecule has 0 fully saturated rings. The molecule has 0 spiro atoms. The van der Waals surface area contributed by atoms with Crippen LogP contribution in [0.1, 0.15) is 43.4 Å². The molecule has 2 rings (SSSR count). The molecule has 0 unspecified atom stereocenters. The van der Waals surface area contributed by atoms with Crippen molar-refractivity contribution in [1.29, 1.82) is 0 Å². The summed E-state index contributed by atoms with van der Waals surface area (Å²) >= 11 is 0. The monoisotopic (exact) mass is 224 g/mol. The Morgan fingerprint density at radius 1 is 1.24 bits per heavy atom. The van der Waals surface area contributed by atoms with Crippen LogP contribution >= 0.6 is 0 Å². The Bertz CT molecular complexity index is 501. The van der Waals surface area contributed by atoms with Crippen molar-refractivity contribution in [2.45, 2.75) is 33.1 Å². The fourth-order valence-electron chi connectivity index (χ4n) is 2.46. The van der Waals surface area contributed by atoms with Crippen molar-refractivity contribution in [2.24, 2.45) is 0 Å². The van der Waals surface area contributed by atoms with Gasteiger partial charge in [-0.3, -0.25) is 0 Å². The average molecular weight is 224 g/mol. The number of aryl methyl sites for hydroxylation is 1. The Morgan fingerprint density at radius 3 is 2.65 bits per heavy atom. The van der Waals surface area contributed by atoms with Crippen LogP contribution in [-0.4, -0.2) is 0 Å². The molecule has 1 aliphatic rings. The number of benzene rings is 1.